The standard InChI is InChI=1S/C20H19F3N2O2/c21-20(22,23)17-7-2-4-14(11-17)12-24-19(27)16-6-1-5-15(10-16)13-25-9-3-8-18(25)26/h1-2,4-7,10-11H,3,8-9,12-13H2,(H,24,27). The second kappa shape index (κ2) is 7.82. The number of alkyl halides is 3. The van der Waals surface area contributed by atoms with Crippen LogP contribution in [0.15, 0.2) is 48.5 Å². The van der Waals surface area contributed by atoms with Crippen LogP contribution in [0.5, 0.6) is 0 Å². The molecule has 27 heavy (non-hydrogen) atoms. The molecule has 0 unspecified atom stereocenters. The van der Waals surface area contributed by atoms with E-state index in [-0.39, 0.29) is 18.4 Å². The van der Waals surface area contributed by atoms with Crippen LogP contribution in [0.25, 0.3) is 0 Å². The van der Waals surface area contributed by atoms with Gasteiger partial charge in [0.25, 0.3) is 5.91 Å². The van der Waals surface area contributed by atoms with Gasteiger partial charge in [0.2, 0.25) is 5.91 Å². The highest BCUT2D eigenvalue weighted by Crippen LogP contribution is 2.29. The smallest absolute Gasteiger partial charge is 0.348 e. The van der Waals surface area contributed by atoms with Gasteiger partial charge < -0.3 is 10.2 Å². The van der Waals surface area contributed by atoms with Crippen molar-refractivity contribution >= 4 is 11.8 Å². The van der Waals surface area contributed by atoms with Crippen LogP contribution < -0.4 is 5.32 Å². The van der Waals surface area contributed by atoms with E-state index in [1.165, 1.54) is 12.1 Å². The number of nitrogens with zero attached hydrogens (tertiary/aromatic N) is 1. The Morgan fingerprint density at radius 1 is 1.07 bits per heavy atom. The molecule has 0 saturated carbocycles. The minimum absolute atomic E-state index is 0.00239. The van der Waals surface area contributed by atoms with E-state index < -0.39 is 11.7 Å². The van der Waals surface area contributed by atoms with Crippen LogP contribution in [-0.4, -0.2) is 23.3 Å². The van der Waals surface area contributed by atoms with Crippen molar-refractivity contribution in [3.05, 3.63) is 70.8 Å². The second-order valence-electron chi connectivity index (χ2n) is 6.50. The van der Waals surface area contributed by atoms with Crippen LogP contribution in [0.3, 0.4) is 0 Å². The summed E-state index contributed by atoms with van der Waals surface area (Å²) in [7, 11) is 0. The van der Waals surface area contributed by atoms with Gasteiger partial charge in [-0.3, -0.25) is 9.59 Å². The van der Waals surface area contributed by atoms with Crippen molar-refractivity contribution in [2.75, 3.05) is 6.54 Å². The Labute approximate surface area is 155 Å². The maximum Gasteiger partial charge on any atom is 0.416 e. The molecule has 1 saturated heterocycles. The molecule has 4 nitrogen and oxygen atoms in total. The van der Waals surface area contributed by atoms with E-state index in [0.29, 0.717) is 30.6 Å². The maximum atomic E-state index is 12.8. The molecule has 2 amide bonds. The highest BCUT2D eigenvalue weighted by Gasteiger charge is 2.30. The van der Waals surface area contributed by atoms with E-state index >= 15 is 0 Å². The molecule has 3 rings (SSSR count). The van der Waals surface area contributed by atoms with Crippen LogP contribution in [-0.2, 0) is 24.1 Å². The Morgan fingerprint density at radius 3 is 2.52 bits per heavy atom. The van der Waals surface area contributed by atoms with Gasteiger partial charge in [-0.15, -0.1) is 0 Å². The number of likely N-dealkylation sites (tertiary alicyclic amines) is 1. The summed E-state index contributed by atoms with van der Waals surface area (Å²) in [4.78, 5) is 25.8. The number of rotatable bonds is 5. The predicted molar refractivity (Wildman–Crippen MR) is 93.7 cm³/mol. The maximum absolute atomic E-state index is 12.8. The summed E-state index contributed by atoms with van der Waals surface area (Å²) in [5, 5.41) is 2.64. The largest absolute Gasteiger partial charge is 0.416 e. The first kappa shape index (κ1) is 18.9. The molecule has 0 radical (unpaired) electrons. The zero-order valence-corrected chi connectivity index (χ0v) is 14.6. The Kier molecular flexibility index (Phi) is 5.48. The molecule has 142 valence electrons. The third-order valence-corrected chi connectivity index (χ3v) is 4.44. The lowest BCUT2D eigenvalue weighted by molar-refractivity contribution is -0.137. The summed E-state index contributed by atoms with van der Waals surface area (Å²) in [6, 6.07) is 11.8. The van der Waals surface area contributed by atoms with Gasteiger partial charge in [-0.1, -0.05) is 24.3 Å². The minimum Gasteiger partial charge on any atom is -0.348 e. The monoisotopic (exact) mass is 376 g/mol. The summed E-state index contributed by atoms with van der Waals surface area (Å²) in [6.07, 6.45) is -3.02. The Bertz CT molecular complexity index is 849. The van der Waals surface area contributed by atoms with Gasteiger partial charge in [-0.2, -0.15) is 13.2 Å². The lowest BCUT2D eigenvalue weighted by Crippen LogP contribution is -2.25. The number of hydrogen-bond acceptors (Lipinski definition) is 2. The van der Waals surface area contributed by atoms with E-state index in [1.54, 1.807) is 23.1 Å². The van der Waals surface area contributed by atoms with Gasteiger partial charge in [-0.25, -0.2) is 0 Å². The summed E-state index contributed by atoms with van der Waals surface area (Å²) in [5.41, 5.74) is 0.881. The Morgan fingerprint density at radius 2 is 1.81 bits per heavy atom. The van der Waals surface area contributed by atoms with Crippen LogP contribution >= 0.6 is 0 Å². The molecule has 1 fully saturated rings. The molecule has 1 heterocycles. The molecular weight excluding hydrogens is 357 g/mol. The van der Waals surface area contributed by atoms with E-state index in [1.807, 2.05) is 6.07 Å². The third-order valence-electron chi connectivity index (χ3n) is 4.44. The first-order chi connectivity index (χ1) is 12.8. The van der Waals surface area contributed by atoms with Crippen LogP contribution in [0.2, 0.25) is 0 Å². The zero-order valence-electron chi connectivity index (χ0n) is 14.6. The fraction of sp³-hybridized carbons (Fsp3) is 0.300. The number of carbonyl (C=O) groups excluding carboxylic acids is 2. The summed E-state index contributed by atoms with van der Waals surface area (Å²) in [5.74, 6) is -0.267. The average molecular weight is 376 g/mol. The van der Waals surface area contributed by atoms with Gasteiger partial charge in [0.05, 0.1) is 5.56 Å². The van der Waals surface area contributed by atoms with E-state index in [2.05, 4.69) is 5.32 Å². The molecule has 1 aliphatic heterocycles. The first-order valence-corrected chi connectivity index (χ1v) is 8.64. The summed E-state index contributed by atoms with van der Waals surface area (Å²) >= 11 is 0. The van der Waals surface area contributed by atoms with Gasteiger partial charge in [-0.05, 0) is 41.8 Å². The van der Waals surface area contributed by atoms with Crippen LogP contribution in [0, 0.1) is 0 Å². The normalized spacial score (nSPS) is 14.5. The average Bonchev–Trinajstić information content (AvgIpc) is 3.04. The van der Waals surface area contributed by atoms with Crippen LogP contribution in [0.4, 0.5) is 13.2 Å². The fourth-order valence-corrected chi connectivity index (χ4v) is 3.04. The predicted octanol–water partition coefficient (Wildman–Crippen LogP) is 3.76. The van der Waals surface area contributed by atoms with Gasteiger partial charge in [0.15, 0.2) is 0 Å². The van der Waals surface area contributed by atoms with E-state index in [9.17, 15) is 22.8 Å². The Balaban J connectivity index is 1.63. The lowest BCUT2D eigenvalue weighted by atomic mass is 10.1. The molecule has 1 aliphatic rings. The highest BCUT2D eigenvalue weighted by atomic mass is 19.4. The molecule has 2 aromatic rings. The van der Waals surface area contributed by atoms with Crippen molar-refractivity contribution in [1.82, 2.24) is 10.2 Å². The Hall–Kier alpha value is -2.83. The quantitative estimate of drug-likeness (QED) is 0.864. The number of benzene rings is 2. The van der Waals surface area contributed by atoms with Crippen molar-refractivity contribution < 1.29 is 22.8 Å². The number of nitrogens with one attached hydrogen (secondary N) is 1. The molecule has 1 N–H and O–H groups in total. The van der Waals surface area contributed by atoms with E-state index in [0.717, 1.165) is 24.1 Å². The molecule has 0 aliphatic carbocycles. The summed E-state index contributed by atoms with van der Waals surface area (Å²) < 4.78 is 38.3. The SMILES string of the molecule is O=C(NCc1cccc(C(F)(F)F)c1)c1cccc(CN2CCCC2=O)c1. The van der Waals surface area contributed by atoms with Crippen molar-refractivity contribution in [3.63, 3.8) is 0 Å². The minimum atomic E-state index is -4.42. The third kappa shape index (κ3) is 4.87. The van der Waals surface area contributed by atoms with Crippen molar-refractivity contribution in [1.29, 1.82) is 0 Å². The van der Waals surface area contributed by atoms with Gasteiger partial charge in [0, 0.05) is 31.6 Å². The molecule has 2 aromatic carbocycles. The molecule has 7 heteroatoms. The number of halogens is 3. The zero-order chi connectivity index (χ0) is 19.4. The molecule has 0 aromatic heterocycles. The van der Waals surface area contributed by atoms with Crippen molar-refractivity contribution in [3.8, 4) is 0 Å². The fourth-order valence-electron chi connectivity index (χ4n) is 3.04. The van der Waals surface area contributed by atoms with Crippen molar-refractivity contribution in [2.45, 2.75) is 32.1 Å². The number of amides is 2. The van der Waals surface area contributed by atoms with E-state index in [4.69, 9.17) is 0 Å². The van der Waals surface area contributed by atoms with Crippen molar-refractivity contribution in [2.24, 2.45) is 0 Å². The number of hydrogen-bond donors (Lipinski definition) is 1. The van der Waals surface area contributed by atoms with Gasteiger partial charge >= 0.3 is 6.18 Å². The lowest BCUT2D eigenvalue weighted by Gasteiger charge is -2.16. The molecule has 0 bridgehead atoms. The topological polar surface area (TPSA) is 49.4 Å². The van der Waals surface area contributed by atoms with Gasteiger partial charge in [0.1, 0.15) is 0 Å². The first-order valence-electron chi connectivity index (χ1n) is 8.64. The van der Waals surface area contributed by atoms with Crippen LogP contribution in [0.1, 0.15) is 39.9 Å². The molecule has 0 atom stereocenters. The summed E-state index contributed by atoms with van der Waals surface area (Å²) in [6.45, 7) is 1.16. The second-order valence-corrected chi connectivity index (χ2v) is 6.50. The number of carbonyl (C=O) groups is 2. The molecule has 0 spiro atoms. The highest BCUT2D eigenvalue weighted by molar-refractivity contribution is 5.94. The molecular formula is C20H19F3N2O2.